The van der Waals surface area contributed by atoms with Gasteiger partial charge in [0.05, 0.1) is 12.0 Å². The molecule has 1 atom stereocenters. The molecule has 0 aromatic carbocycles. The number of rotatable bonds is 5. The third kappa shape index (κ3) is 3.45. The van der Waals surface area contributed by atoms with Crippen LogP contribution in [0.2, 0.25) is 0 Å². The van der Waals surface area contributed by atoms with Crippen LogP contribution in [0.5, 0.6) is 0 Å². The molecule has 1 unspecified atom stereocenters. The molecular weight excluding hydrogens is 230 g/mol. The highest BCUT2D eigenvalue weighted by Gasteiger charge is 2.43. The van der Waals surface area contributed by atoms with Crippen LogP contribution in [-0.2, 0) is 9.59 Å². The van der Waals surface area contributed by atoms with Crippen molar-refractivity contribution in [3.63, 3.8) is 0 Å². The zero-order chi connectivity index (χ0) is 13.8. The van der Waals surface area contributed by atoms with Gasteiger partial charge in [0.15, 0.2) is 0 Å². The first-order chi connectivity index (χ1) is 8.38. The lowest BCUT2D eigenvalue weighted by Crippen LogP contribution is -2.49. The molecule has 0 aliphatic carbocycles. The normalized spacial score (nSPS) is 23.4. The van der Waals surface area contributed by atoms with Crippen LogP contribution in [-0.4, -0.2) is 37.5 Å². The van der Waals surface area contributed by atoms with Crippen LogP contribution in [0.4, 0.5) is 0 Å². The van der Waals surface area contributed by atoms with E-state index in [4.69, 9.17) is 0 Å². The van der Waals surface area contributed by atoms with Gasteiger partial charge in [0.2, 0.25) is 11.8 Å². The molecule has 0 radical (unpaired) electrons. The molecule has 0 bridgehead atoms. The molecular formula is C13H25N3O2. The Morgan fingerprint density at radius 1 is 1.28 bits per heavy atom. The summed E-state index contributed by atoms with van der Waals surface area (Å²) < 4.78 is 0. The highest BCUT2D eigenvalue weighted by atomic mass is 16.2. The smallest absolute Gasteiger partial charge is 0.239 e. The van der Waals surface area contributed by atoms with Gasteiger partial charge >= 0.3 is 0 Å². The van der Waals surface area contributed by atoms with Crippen molar-refractivity contribution in [2.75, 3.05) is 19.6 Å². The summed E-state index contributed by atoms with van der Waals surface area (Å²) >= 11 is 0. The molecule has 3 N–H and O–H groups in total. The van der Waals surface area contributed by atoms with Gasteiger partial charge in [0, 0.05) is 12.6 Å². The van der Waals surface area contributed by atoms with Crippen LogP contribution < -0.4 is 16.0 Å². The fourth-order valence-corrected chi connectivity index (χ4v) is 2.37. The van der Waals surface area contributed by atoms with Gasteiger partial charge in [-0.2, -0.15) is 0 Å². The Hall–Kier alpha value is -1.10. The summed E-state index contributed by atoms with van der Waals surface area (Å²) in [7, 11) is 0. The Labute approximate surface area is 109 Å². The van der Waals surface area contributed by atoms with Crippen LogP contribution >= 0.6 is 0 Å². The molecule has 104 valence electrons. The van der Waals surface area contributed by atoms with Crippen LogP contribution in [0.1, 0.15) is 34.1 Å². The molecule has 0 spiro atoms. The molecule has 1 aliphatic heterocycles. The molecule has 18 heavy (non-hydrogen) atoms. The molecule has 1 rings (SSSR count). The lowest BCUT2D eigenvalue weighted by Gasteiger charge is -2.31. The minimum absolute atomic E-state index is 0.0126. The van der Waals surface area contributed by atoms with E-state index in [0.717, 1.165) is 13.0 Å². The first-order valence-corrected chi connectivity index (χ1v) is 6.67. The Morgan fingerprint density at radius 2 is 1.94 bits per heavy atom. The van der Waals surface area contributed by atoms with Gasteiger partial charge in [-0.1, -0.05) is 13.8 Å². The van der Waals surface area contributed by atoms with E-state index in [-0.39, 0.29) is 35.7 Å². The minimum Gasteiger partial charge on any atom is -0.352 e. The van der Waals surface area contributed by atoms with Crippen molar-refractivity contribution >= 4 is 11.8 Å². The summed E-state index contributed by atoms with van der Waals surface area (Å²) in [6.45, 7) is 9.53. The second-order valence-electron chi connectivity index (χ2n) is 5.64. The zero-order valence-corrected chi connectivity index (χ0v) is 11.8. The average molecular weight is 255 g/mol. The lowest BCUT2D eigenvalue weighted by atomic mass is 9.75. The van der Waals surface area contributed by atoms with Gasteiger partial charge in [-0.15, -0.1) is 0 Å². The molecule has 0 aromatic rings. The van der Waals surface area contributed by atoms with Gasteiger partial charge in [0.25, 0.3) is 0 Å². The van der Waals surface area contributed by atoms with Crippen LogP contribution in [0.3, 0.4) is 0 Å². The molecule has 0 aromatic heterocycles. The molecule has 5 nitrogen and oxygen atoms in total. The highest BCUT2D eigenvalue weighted by Crippen LogP contribution is 2.34. The number of carbonyl (C=O) groups is 2. The summed E-state index contributed by atoms with van der Waals surface area (Å²) in [6.07, 6.45) is 0.836. The summed E-state index contributed by atoms with van der Waals surface area (Å²) in [5, 5.41) is 8.76. The Bertz CT molecular complexity index is 307. The van der Waals surface area contributed by atoms with Crippen molar-refractivity contribution in [1.29, 1.82) is 0 Å². The maximum absolute atomic E-state index is 12.3. The van der Waals surface area contributed by atoms with E-state index >= 15 is 0 Å². The second kappa shape index (κ2) is 6.18. The lowest BCUT2D eigenvalue weighted by molar-refractivity contribution is -0.134. The summed E-state index contributed by atoms with van der Waals surface area (Å²) in [5.41, 5.74) is -0.363. The maximum Gasteiger partial charge on any atom is 0.239 e. The van der Waals surface area contributed by atoms with E-state index in [9.17, 15) is 9.59 Å². The minimum atomic E-state index is -0.363. The van der Waals surface area contributed by atoms with Crippen LogP contribution in [0.15, 0.2) is 0 Å². The first kappa shape index (κ1) is 15.0. The predicted octanol–water partition coefficient (Wildman–Crippen LogP) is 0.263. The Kier molecular flexibility index (Phi) is 5.14. The zero-order valence-electron chi connectivity index (χ0n) is 11.8. The van der Waals surface area contributed by atoms with Gasteiger partial charge in [-0.05, 0) is 32.7 Å². The highest BCUT2D eigenvalue weighted by molar-refractivity contribution is 5.88. The summed E-state index contributed by atoms with van der Waals surface area (Å²) in [6, 6.07) is 0.0987. The number of hydrogen-bond acceptors (Lipinski definition) is 3. The van der Waals surface area contributed by atoms with Crippen LogP contribution in [0.25, 0.3) is 0 Å². The monoisotopic (exact) mass is 255 g/mol. The van der Waals surface area contributed by atoms with Gasteiger partial charge in [-0.25, -0.2) is 0 Å². The van der Waals surface area contributed by atoms with Gasteiger partial charge in [-0.3, -0.25) is 9.59 Å². The van der Waals surface area contributed by atoms with Crippen molar-refractivity contribution < 1.29 is 9.59 Å². The van der Waals surface area contributed by atoms with Crippen molar-refractivity contribution in [2.45, 2.75) is 40.2 Å². The second-order valence-corrected chi connectivity index (χ2v) is 5.64. The van der Waals surface area contributed by atoms with Gasteiger partial charge < -0.3 is 16.0 Å². The average Bonchev–Trinajstić information content (AvgIpc) is 2.75. The molecule has 1 fully saturated rings. The van der Waals surface area contributed by atoms with E-state index in [2.05, 4.69) is 29.8 Å². The topological polar surface area (TPSA) is 70.2 Å². The first-order valence-electron chi connectivity index (χ1n) is 6.67. The maximum atomic E-state index is 12.3. The predicted molar refractivity (Wildman–Crippen MR) is 71.0 cm³/mol. The summed E-state index contributed by atoms with van der Waals surface area (Å²) in [5.74, 6) is 0.116. The Balaban J connectivity index is 2.51. The Morgan fingerprint density at radius 3 is 2.39 bits per heavy atom. The molecule has 1 heterocycles. The quantitative estimate of drug-likeness (QED) is 0.660. The van der Waals surface area contributed by atoms with E-state index in [0.29, 0.717) is 6.54 Å². The molecule has 1 aliphatic rings. The van der Waals surface area contributed by atoms with E-state index in [1.807, 2.05) is 13.8 Å². The third-order valence-corrected chi connectivity index (χ3v) is 3.60. The van der Waals surface area contributed by atoms with Gasteiger partial charge in [0.1, 0.15) is 0 Å². The number of hydrogen-bond donors (Lipinski definition) is 3. The van der Waals surface area contributed by atoms with Crippen molar-refractivity contribution in [3.8, 4) is 0 Å². The summed E-state index contributed by atoms with van der Waals surface area (Å²) in [4.78, 5) is 23.8. The largest absolute Gasteiger partial charge is 0.352 e. The van der Waals surface area contributed by atoms with Crippen molar-refractivity contribution in [2.24, 2.45) is 11.3 Å². The van der Waals surface area contributed by atoms with E-state index in [1.165, 1.54) is 0 Å². The SMILES string of the molecule is CC(C)NC(=O)CNC(=O)C1(C(C)C)CCNC1. The van der Waals surface area contributed by atoms with Crippen molar-refractivity contribution in [1.82, 2.24) is 16.0 Å². The van der Waals surface area contributed by atoms with Crippen molar-refractivity contribution in [3.05, 3.63) is 0 Å². The molecule has 0 saturated carbocycles. The van der Waals surface area contributed by atoms with E-state index < -0.39 is 0 Å². The fourth-order valence-electron chi connectivity index (χ4n) is 2.37. The number of amides is 2. The molecule has 1 saturated heterocycles. The number of carbonyl (C=O) groups excluding carboxylic acids is 2. The number of nitrogens with one attached hydrogen (secondary N) is 3. The molecule has 2 amide bonds. The van der Waals surface area contributed by atoms with Crippen LogP contribution in [0, 0.1) is 11.3 Å². The third-order valence-electron chi connectivity index (χ3n) is 3.60. The standard InChI is InChI=1S/C13H25N3O2/c1-9(2)13(5-6-14-8-13)12(18)15-7-11(17)16-10(3)4/h9-10,14H,5-8H2,1-4H3,(H,15,18)(H,16,17). The fraction of sp³-hybridized carbons (Fsp3) is 0.846. The molecule has 5 heteroatoms. The van der Waals surface area contributed by atoms with E-state index in [1.54, 1.807) is 0 Å².